The topological polar surface area (TPSA) is 89.0 Å². The van der Waals surface area contributed by atoms with Crippen LogP contribution in [-0.4, -0.2) is 31.2 Å². The van der Waals surface area contributed by atoms with Crippen LogP contribution in [0.4, 0.5) is 5.69 Å². The van der Waals surface area contributed by atoms with Crippen LogP contribution in [0.15, 0.2) is 47.6 Å². The van der Waals surface area contributed by atoms with Crippen LogP contribution in [0.3, 0.4) is 0 Å². The third kappa shape index (κ3) is 8.50. The first-order valence-corrected chi connectivity index (χ1v) is 10.6. The molecule has 0 aliphatic heterocycles. The number of hydrogen-bond donors (Lipinski definition) is 2. The molecule has 7 nitrogen and oxygen atoms in total. The minimum Gasteiger partial charge on any atom is -0.490 e. The Hall–Kier alpha value is -3.35. The van der Waals surface area contributed by atoms with Crippen molar-refractivity contribution in [3.8, 4) is 11.5 Å². The Labute approximate surface area is 183 Å². The molecule has 0 radical (unpaired) electrons. The summed E-state index contributed by atoms with van der Waals surface area (Å²) in [7, 11) is 0. The van der Waals surface area contributed by atoms with E-state index in [-0.39, 0.29) is 24.7 Å². The lowest BCUT2D eigenvalue weighted by atomic mass is 10.2. The number of para-hydroxylation sites is 1. The molecule has 0 atom stereocenters. The Morgan fingerprint density at radius 3 is 2.52 bits per heavy atom. The highest BCUT2D eigenvalue weighted by molar-refractivity contribution is 5.94. The van der Waals surface area contributed by atoms with Crippen molar-refractivity contribution in [1.29, 1.82) is 0 Å². The molecule has 0 aromatic heterocycles. The summed E-state index contributed by atoms with van der Waals surface area (Å²) in [6, 6.07) is 13.0. The highest BCUT2D eigenvalue weighted by Crippen LogP contribution is 2.28. The van der Waals surface area contributed by atoms with Crippen LogP contribution in [0.25, 0.3) is 0 Å². The van der Waals surface area contributed by atoms with Gasteiger partial charge < -0.3 is 14.8 Å². The third-order valence-corrected chi connectivity index (χ3v) is 4.42. The molecule has 0 unspecified atom stereocenters. The number of benzene rings is 2. The van der Waals surface area contributed by atoms with E-state index in [2.05, 4.69) is 22.8 Å². The van der Waals surface area contributed by atoms with E-state index in [1.807, 2.05) is 56.3 Å². The van der Waals surface area contributed by atoms with Gasteiger partial charge in [-0.25, -0.2) is 5.43 Å². The molecule has 0 aliphatic rings. The molecule has 0 saturated heterocycles. The maximum Gasteiger partial charge on any atom is 0.240 e. The number of aryl methyl sites for hydroxylation is 1. The lowest BCUT2D eigenvalue weighted by Gasteiger charge is -2.12. The van der Waals surface area contributed by atoms with Crippen LogP contribution in [0, 0.1) is 6.92 Å². The molecule has 2 amide bonds. The minimum atomic E-state index is -0.333. The van der Waals surface area contributed by atoms with Crippen molar-refractivity contribution < 1.29 is 19.1 Å². The number of ether oxygens (including phenoxy) is 2. The van der Waals surface area contributed by atoms with Crippen LogP contribution in [-0.2, 0) is 9.59 Å². The van der Waals surface area contributed by atoms with Gasteiger partial charge >= 0.3 is 0 Å². The van der Waals surface area contributed by atoms with Crippen molar-refractivity contribution in [3.63, 3.8) is 0 Å². The van der Waals surface area contributed by atoms with Gasteiger partial charge in [0.25, 0.3) is 0 Å². The number of amides is 2. The summed E-state index contributed by atoms with van der Waals surface area (Å²) in [5.41, 5.74) is 4.93. The fourth-order valence-electron chi connectivity index (χ4n) is 2.71. The number of rotatable bonds is 12. The van der Waals surface area contributed by atoms with Gasteiger partial charge in [-0.3, -0.25) is 9.59 Å². The van der Waals surface area contributed by atoms with Crippen LogP contribution in [0.5, 0.6) is 11.5 Å². The van der Waals surface area contributed by atoms with Crippen molar-refractivity contribution in [2.75, 3.05) is 18.5 Å². The van der Waals surface area contributed by atoms with E-state index >= 15 is 0 Å². The summed E-state index contributed by atoms with van der Waals surface area (Å²) in [5.74, 6) is 0.784. The van der Waals surface area contributed by atoms with Gasteiger partial charge in [-0.15, -0.1) is 0 Å². The number of nitrogens with one attached hydrogen (secondary N) is 2. The van der Waals surface area contributed by atoms with E-state index < -0.39 is 0 Å². The molecule has 166 valence electrons. The van der Waals surface area contributed by atoms with Gasteiger partial charge in [0.2, 0.25) is 11.8 Å². The Bertz CT molecular complexity index is 896. The second kappa shape index (κ2) is 13.1. The van der Waals surface area contributed by atoms with Gasteiger partial charge in [-0.05, 0) is 55.7 Å². The van der Waals surface area contributed by atoms with Crippen molar-refractivity contribution in [2.45, 2.75) is 46.5 Å². The fourth-order valence-corrected chi connectivity index (χ4v) is 2.71. The SMILES string of the molecule is CCCCOc1ccc(C=NNC(=O)CCC(=O)Nc2ccccc2C)cc1OCC. The Morgan fingerprint density at radius 1 is 1.00 bits per heavy atom. The number of carbonyl (C=O) groups excluding carboxylic acids is 2. The number of hydrazone groups is 1. The molecule has 7 heteroatoms. The quantitative estimate of drug-likeness (QED) is 0.299. The first-order valence-electron chi connectivity index (χ1n) is 10.6. The molecule has 0 bridgehead atoms. The van der Waals surface area contributed by atoms with Crippen molar-refractivity contribution in [1.82, 2.24) is 5.43 Å². The molecule has 2 rings (SSSR count). The van der Waals surface area contributed by atoms with Crippen molar-refractivity contribution >= 4 is 23.7 Å². The average Bonchev–Trinajstić information content (AvgIpc) is 2.76. The molecule has 2 aromatic rings. The first-order chi connectivity index (χ1) is 15.0. The molecule has 0 spiro atoms. The smallest absolute Gasteiger partial charge is 0.240 e. The highest BCUT2D eigenvalue weighted by Gasteiger charge is 2.08. The lowest BCUT2D eigenvalue weighted by molar-refractivity contribution is -0.124. The zero-order valence-electron chi connectivity index (χ0n) is 18.4. The molecule has 0 saturated carbocycles. The van der Waals surface area contributed by atoms with E-state index in [4.69, 9.17) is 9.47 Å². The molecule has 2 N–H and O–H groups in total. The fraction of sp³-hybridized carbons (Fsp3) is 0.375. The number of hydrogen-bond acceptors (Lipinski definition) is 5. The zero-order chi connectivity index (χ0) is 22.5. The molecule has 0 aliphatic carbocycles. The summed E-state index contributed by atoms with van der Waals surface area (Å²) < 4.78 is 11.4. The Kier molecular flexibility index (Phi) is 10.1. The predicted molar refractivity (Wildman–Crippen MR) is 123 cm³/mol. The van der Waals surface area contributed by atoms with E-state index in [9.17, 15) is 9.59 Å². The number of carbonyl (C=O) groups is 2. The number of anilines is 1. The molecular formula is C24H31N3O4. The minimum absolute atomic E-state index is 0.0451. The number of unbranched alkanes of at least 4 members (excludes halogenated alkanes) is 1. The van der Waals surface area contributed by atoms with Crippen molar-refractivity contribution in [2.24, 2.45) is 5.10 Å². The van der Waals surface area contributed by atoms with Crippen LogP contribution in [0.1, 0.15) is 50.7 Å². The maximum absolute atomic E-state index is 12.0. The summed E-state index contributed by atoms with van der Waals surface area (Å²) in [4.78, 5) is 24.0. The second-order valence-electron chi connectivity index (χ2n) is 7.00. The van der Waals surface area contributed by atoms with Crippen LogP contribution in [0.2, 0.25) is 0 Å². The van der Waals surface area contributed by atoms with Gasteiger partial charge in [0, 0.05) is 18.5 Å². The number of nitrogens with zero attached hydrogens (tertiary/aromatic N) is 1. The largest absolute Gasteiger partial charge is 0.490 e. The molecule has 0 fully saturated rings. The van der Waals surface area contributed by atoms with Gasteiger partial charge in [0.1, 0.15) is 0 Å². The van der Waals surface area contributed by atoms with Crippen LogP contribution < -0.4 is 20.2 Å². The zero-order valence-corrected chi connectivity index (χ0v) is 18.4. The van der Waals surface area contributed by atoms with Crippen LogP contribution >= 0.6 is 0 Å². The highest BCUT2D eigenvalue weighted by atomic mass is 16.5. The van der Waals surface area contributed by atoms with Gasteiger partial charge in [-0.2, -0.15) is 5.10 Å². The first kappa shape index (κ1) is 23.9. The predicted octanol–water partition coefficient (Wildman–Crippen LogP) is 4.44. The second-order valence-corrected chi connectivity index (χ2v) is 7.00. The average molecular weight is 426 g/mol. The van der Waals surface area contributed by atoms with Gasteiger partial charge in [0.15, 0.2) is 11.5 Å². The van der Waals surface area contributed by atoms with Crippen molar-refractivity contribution in [3.05, 3.63) is 53.6 Å². The Morgan fingerprint density at radius 2 is 1.77 bits per heavy atom. The molecule has 2 aromatic carbocycles. The summed E-state index contributed by atoms with van der Waals surface area (Å²) >= 11 is 0. The summed E-state index contributed by atoms with van der Waals surface area (Å²) in [5, 5.41) is 6.78. The Balaban J connectivity index is 1.82. The van der Waals surface area contributed by atoms with E-state index in [0.717, 1.165) is 29.7 Å². The normalized spacial score (nSPS) is 10.7. The molecular weight excluding hydrogens is 394 g/mol. The lowest BCUT2D eigenvalue weighted by Crippen LogP contribution is -2.20. The summed E-state index contributed by atoms with van der Waals surface area (Å²) in [6.07, 6.45) is 3.69. The third-order valence-electron chi connectivity index (χ3n) is 4.42. The molecule has 0 heterocycles. The van der Waals surface area contributed by atoms with E-state index in [0.29, 0.717) is 24.7 Å². The molecule has 31 heavy (non-hydrogen) atoms. The van der Waals surface area contributed by atoms with E-state index in [1.165, 1.54) is 6.21 Å². The monoisotopic (exact) mass is 425 g/mol. The van der Waals surface area contributed by atoms with Gasteiger partial charge in [-0.1, -0.05) is 31.5 Å². The maximum atomic E-state index is 12.0. The van der Waals surface area contributed by atoms with E-state index in [1.54, 1.807) is 0 Å². The summed E-state index contributed by atoms with van der Waals surface area (Å²) in [6.45, 7) is 7.09. The standard InChI is InChI=1S/C24H31N3O4/c1-4-6-15-31-21-12-11-19(16-22(21)30-5-2)17-25-27-24(29)14-13-23(28)26-20-10-8-7-9-18(20)3/h7-12,16-17H,4-6,13-15H2,1-3H3,(H,26,28)(H,27,29). The van der Waals surface area contributed by atoms with Gasteiger partial charge in [0.05, 0.1) is 19.4 Å².